The molecule has 2 rings (SSSR count). The molecule has 1 saturated carbocycles. The molecule has 168 valence electrons. The number of nitrogens with zero attached hydrogens (tertiary/aromatic N) is 4. The molecule has 0 radical (unpaired) electrons. The van der Waals surface area contributed by atoms with E-state index in [2.05, 4.69) is 59.3 Å². The zero-order valence-corrected chi connectivity index (χ0v) is 22.1. The van der Waals surface area contributed by atoms with Gasteiger partial charge in [-0.2, -0.15) is 0 Å². The van der Waals surface area contributed by atoms with Gasteiger partial charge in [0, 0.05) is 31.6 Å². The fraction of sp³-hybridized carbons (Fsp3) is 0.857. The number of hydrogen-bond acceptors (Lipinski definition) is 4. The average molecular weight is 537 g/mol. The predicted octanol–water partition coefficient (Wildman–Crippen LogP) is 5.05. The van der Waals surface area contributed by atoms with Gasteiger partial charge in [0.1, 0.15) is 5.82 Å². The van der Waals surface area contributed by atoms with Crippen molar-refractivity contribution >= 4 is 41.7 Å². The molecule has 2 N–H and O–H groups in total. The molecule has 1 aromatic heterocycles. The third-order valence-corrected chi connectivity index (χ3v) is 5.98. The lowest BCUT2D eigenvalue weighted by Gasteiger charge is -2.18. The van der Waals surface area contributed by atoms with Crippen molar-refractivity contribution < 1.29 is 0 Å². The maximum Gasteiger partial charge on any atom is 0.191 e. The molecule has 1 atom stereocenters. The van der Waals surface area contributed by atoms with Gasteiger partial charge in [-0.05, 0) is 58.1 Å². The molecule has 8 heteroatoms. The monoisotopic (exact) mass is 536 g/mol. The minimum absolute atomic E-state index is 0. The fourth-order valence-corrected chi connectivity index (χ4v) is 4.36. The molecule has 29 heavy (non-hydrogen) atoms. The summed E-state index contributed by atoms with van der Waals surface area (Å²) in [6.07, 6.45) is 11.6. The molecule has 1 fully saturated rings. The van der Waals surface area contributed by atoms with Crippen LogP contribution < -0.4 is 10.6 Å². The molecule has 1 aliphatic carbocycles. The molecule has 0 amide bonds. The third kappa shape index (κ3) is 9.02. The summed E-state index contributed by atoms with van der Waals surface area (Å²) in [5.74, 6) is 2.81. The first kappa shape index (κ1) is 26.5. The minimum Gasteiger partial charge on any atom is -0.357 e. The van der Waals surface area contributed by atoms with Gasteiger partial charge in [0.15, 0.2) is 11.1 Å². The lowest BCUT2D eigenvalue weighted by molar-refractivity contribution is 0.461. The standard InChI is InChI=1S/C21H40N6S.HI/c1-6-22-20(24-17(4)14-13-16(2)3)23-15-9-12-19-25-26-21(28-5)27(19)18-10-7-8-11-18;/h16-18H,6-15H2,1-5H3,(H2,22,23,24);1H. The van der Waals surface area contributed by atoms with Crippen LogP contribution in [0.5, 0.6) is 0 Å². The molecule has 1 heterocycles. The van der Waals surface area contributed by atoms with Gasteiger partial charge in [-0.3, -0.25) is 4.99 Å². The maximum absolute atomic E-state index is 4.78. The van der Waals surface area contributed by atoms with E-state index in [-0.39, 0.29) is 24.0 Å². The molecule has 0 spiro atoms. The SMILES string of the molecule is CCNC(=NCCCc1nnc(SC)n1C1CCCC1)NC(C)CCC(C)C.I. The number of aromatic nitrogens is 3. The highest BCUT2D eigenvalue weighted by Gasteiger charge is 2.23. The largest absolute Gasteiger partial charge is 0.357 e. The van der Waals surface area contributed by atoms with Crippen LogP contribution >= 0.6 is 35.7 Å². The molecule has 0 saturated heterocycles. The zero-order chi connectivity index (χ0) is 20.4. The first-order valence-corrected chi connectivity index (χ1v) is 12.3. The van der Waals surface area contributed by atoms with Gasteiger partial charge in [0.25, 0.3) is 0 Å². The van der Waals surface area contributed by atoms with Crippen LogP contribution in [0.2, 0.25) is 0 Å². The van der Waals surface area contributed by atoms with Crippen molar-refractivity contribution in [2.24, 2.45) is 10.9 Å². The summed E-state index contributed by atoms with van der Waals surface area (Å²) in [6, 6.07) is 1.03. The number of nitrogens with one attached hydrogen (secondary N) is 2. The second-order valence-corrected chi connectivity index (χ2v) is 9.07. The van der Waals surface area contributed by atoms with Gasteiger partial charge in [-0.1, -0.05) is 38.5 Å². The Morgan fingerprint density at radius 1 is 1.21 bits per heavy atom. The van der Waals surface area contributed by atoms with E-state index in [9.17, 15) is 0 Å². The van der Waals surface area contributed by atoms with Crippen LogP contribution in [0, 0.1) is 5.92 Å². The molecule has 6 nitrogen and oxygen atoms in total. The molecule has 0 aliphatic heterocycles. The summed E-state index contributed by atoms with van der Waals surface area (Å²) in [6.45, 7) is 10.6. The van der Waals surface area contributed by atoms with Crippen molar-refractivity contribution in [1.29, 1.82) is 0 Å². The predicted molar refractivity (Wildman–Crippen MR) is 136 cm³/mol. The number of rotatable bonds is 11. The van der Waals surface area contributed by atoms with Gasteiger partial charge >= 0.3 is 0 Å². The third-order valence-electron chi connectivity index (χ3n) is 5.34. The highest BCUT2D eigenvalue weighted by atomic mass is 127. The van der Waals surface area contributed by atoms with E-state index >= 15 is 0 Å². The molecular formula is C21H41IN6S. The maximum atomic E-state index is 4.78. The van der Waals surface area contributed by atoms with E-state index in [0.29, 0.717) is 12.1 Å². The topological polar surface area (TPSA) is 67.1 Å². The zero-order valence-electron chi connectivity index (χ0n) is 18.9. The Labute approximate surface area is 198 Å². The van der Waals surface area contributed by atoms with Gasteiger partial charge in [0.2, 0.25) is 0 Å². The second kappa shape index (κ2) is 14.5. The van der Waals surface area contributed by atoms with E-state index < -0.39 is 0 Å². The number of aryl methyl sites for hydroxylation is 1. The molecular weight excluding hydrogens is 495 g/mol. The Morgan fingerprint density at radius 3 is 2.55 bits per heavy atom. The summed E-state index contributed by atoms with van der Waals surface area (Å²) < 4.78 is 2.40. The van der Waals surface area contributed by atoms with Crippen LogP contribution in [0.1, 0.15) is 84.5 Å². The number of aliphatic imine (C=N–C) groups is 1. The van der Waals surface area contributed by atoms with Crippen molar-refractivity contribution in [2.45, 2.75) is 96.3 Å². The Hall–Kier alpha value is -0.510. The second-order valence-electron chi connectivity index (χ2n) is 8.29. The van der Waals surface area contributed by atoms with Gasteiger partial charge < -0.3 is 15.2 Å². The van der Waals surface area contributed by atoms with Crippen LogP contribution in [0.25, 0.3) is 0 Å². The normalized spacial score (nSPS) is 16.1. The molecule has 0 bridgehead atoms. The smallest absolute Gasteiger partial charge is 0.191 e. The van der Waals surface area contributed by atoms with E-state index in [4.69, 9.17) is 4.99 Å². The van der Waals surface area contributed by atoms with E-state index in [1.54, 1.807) is 11.8 Å². The number of halogens is 1. The first-order valence-electron chi connectivity index (χ1n) is 11.1. The summed E-state index contributed by atoms with van der Waals surface area (Å²) in [5.41, 5.74) is 0. The average Bonchev–Trinajstić information content (AvgIpc) is 3.32. The van der Waals surface area contributed by atoms with Gasteiger partial charge in [-0.25, -0.2) is 0 Å². The van der Waals surface area contributed by atoms with Crippen LogP contribution in [-0.2, 0) is 6.42 Å². The van der Waals surface area contributed by atoms with Gasteiger partial charge in [0.05, 0.1) is 0 Å². The summed E-state index contributed by atoms with van der Waals surface area (Å²) in [7, 11) is 0. The fourth-order valence-electron chi connectivity index (χ4n) is 3.78. The van der Waals surface area contributed by atoms with Crippen molar-refractivity contribution in [1.82, 2.24) is 25.4 Å². The van der Waals surface area contributed by atoms with Crippen LogP contribution in [-0.4, -0.2) is 46.1 Å². The summed E-state index contributed by atoms with van der Waals surface area (Å²) >= 11 is 1.71. The molecule has 1 aliphatic rings. The molecule has 1 aromatic rings. The highest BCUT2D eigenvalue weighted by molar-refractivity contribution is 14.0. The lowest BCUT2D eigenvalue weighted by Crippen LogP contribution is -2.42. The summed E-state index contributed by atoms with van der Waals surface area (Å²) in [5, 5.41) is 16.9. The number of guanidine groups is 1. The van der Waals surface area contributed by atoms with Gasteiger partial charge in [-0.15, -0.1) is 34.2 Å². The van der Waals surface area contributed by atoms with Crippen molar-refractivity contribution in [3.8, 4) is 0 Å². The Bertz CT molecular complexity index is 598. The van der Waals surface area contributed by atoms with Crippen LogP contribution in [0.3, 0.4) is 0 Å². The van der Waals surface area contributed by atoms with Crippen LogP contribution in [0.15, 0.2) is 10.1 Å². The van der Waals surface area contributed by atoms with Crippen molar-refractivity contribution in [3.05, 3.63) is 5.82 Å². The summed E-state index contributed by atoms with van der Waals surface area (Å²) in [4.78, 5) is 4.78. The Morgan fingerprint density at radius 2 is 1.93 bits per heavy atom. The Balaban J connectivity index is 0.00000420. The van der Waals surface area contributed by atoms with E-state index in [1.807, 2.05) is 0 Å². The van der Waals surface area contributed by atoms with Crippen LogP contribution in [0.4, 0.5) is 0 Å². The van der Waals surface area contributed by atoms with E-state index in [1.165, 1.54) is 38.5 Å². The Kier molecular flexibility index (Phi) is 13.3. The van der Waals surface area contributed by atoms with E-state index in [0.717, 1.165) is 48.8 Å². The van der Waals surface area contributed by atoms with Crippen molar-refractivity contribution in [2.75, 3.05) is 19.3 Å². The molecule has 1 unspecified atom stereocenters. The molecule has 0 aromatic carbocycles. The lowest BCUT2D eigenvalue weighted by atomic mass is 10.0. The number of hydrogen-bond donors (Lipinski definition) is 2. The number of thioether (sulfide) groups is 1. The minimum atomic E-state index is 0. The highest BCUT2D eigenvalue weighted by Crippen LogP contribution is 2.33. The van der Waals surface area contributed by atoms with Crippen molar-refractivity contribution in [3.63, 3.8) is 0 Å². The quantitative estimate of drug-likeness (QED) is 0.136. The first-order chi connectivity index (χ1) is 13.5.